The van der Waals surface area contributed by atoms with Gasteiger partial charge in [-0.15, -0.1) is 0 Å². The fraction of sp³-hybridized carbons (Fsp3) is 0.294. The molecular formula is C17H19BrN2O. The maximum Gasteiger partial charge on any atom is 0.133 e. The van der Waals surface area contributed by atoms with E-state index in [1.807, 2.05) is 6.07 Å². The number of para-hydroxylation sites is 2. The Morgan fingerprint density at radius 1 is 1.10 bits per heavy atom. The van der Waals surface area contributed by atoms with E-state index in [4.69, 9.17) is 4.74 Å². The molecule has 2 aromatic rings. The second-order valence-electron chi connectivity index (χ2n) is 5.30. The van der Waals surface area contributed by atoms with Crippen LogP contribution in [0.3, 0.4) is 0 Å². The summed E-state index contributed by atoms with van der Waals surface area (Å²) < 4.78 is 6.30. The van der Waals surface area contributed by atoms with Crippen LogP contribution in [0.4, 0.5) is 11.4 Å². The Hall–Kier alpha value is -1.68. The van der Waals surface area contributed by atoms with Gasteiger partial charge in [0, 0.05) is 26.7 Å². The van der Waals surface area contributed by atoms with E-state index in [2.05, 4.69) is 69.2 Å². The third kappa shape index (κ3) is 2.86. The number of methoxy groups -OCH3 is 1. The Morgan fingerprint density at radius 2 is 1.86 bits per heavy atom. The number of fused-ring (bicyclic) bond motifs is 1. The molecule has 1 aliphatic heterocycles. The standard InChI is InChI=1S/C17H19BrN2O/c1-19-9-10-20(16-6-4-3-5-15(16)19)12-13-7-8-17(21-2)14(18)11-13/h3-8,11H,9-10,12H2,1-2H3. The van der Waals surface area contributed by atoms with Crippen molar-refractivity contribution in [2.75, 3.05) is 37.0 Å². The highest BCUT2D eigenvalue weighted by molar-refractivity contribution is 9.10. The second kappa shape index (κ2) is 5.98. The number of likely N-dealkylation sites (N-methyl/N-ethyl adjacent to an activating group) is 1. The summed E-state index contributed by atoms with van der Waals surface area (Å²) in [5.41, 5.74) is 3.89. The highest BCUT2D eigenvalue weighted by Gasteiger charge is 2.19. The molecule has 3 rings (SSSR count). The molecule has 0 radical (unpaired) electrons. The van der Waals surface area contributed by atoms with Gasteiger partial charge in [0.1, 0.15) is 5.75 Å². The van der Waals surface area contributed by atoms with E-state index in [1.165, 1.54) is 16.9 Å². The molecule has 0 aliphatic carbocycles. The number of hydrogen-bond donors (Lipinski definition) is 0. The molecule has 0 amide bonds. The van der Waals surface area contributed by atoms with E-state index < -0.39 is 0 Å². The Kier molecular flexibility index (Phi) is 4.06. The molecule has 110 valence electrons. The minimum absolute atomic E-state index is 0.873. The predicted octanol–water partition coefficient (Wildman–Crippen LogP) is 3.91. The van der Waals surface area contributed by atoms with E-state index in [0.29, 0.717) is 0 Å². The average molecular weight is 347 g/mol. The number of hydrogen-bond acceptors (Lipinski definition) is 3. The van der Waals surface area contributed by atoms with E-state index >= 15 is 0 Å². The highest BCUT2D eigenvalue weighted by atomic mass is 79.9. The van der Waals surface area contributed by atoms with Crippen molar-refractivity contribution >= 4 is 27.3 Å². The smallest absolute Gasteiger partial charge is 0.133 e. The lowest BCUT2D eigenvalue weighted by Crippen LogP contribution is -2.38. The summed E-state index contributed by atoms with van der Waals surface area (Å²) >= 11 is 3.56. The van der Waals surface area contributed by atoms with Crippen molar-refractivity contribution in [1.29, 1.82) is 0 Å². The molecule has 21 heavy (non-hydrogen) atoms. The van der Waals surface area contributed by atoms with E-state index in [0.717, 1.165) is 29.9 Å². The molecule has 1 aliphatic rings. The maximum absolute atomic E-state index is 5.29. The minimum atomic E-state index is 0.873. The first kappa shape index (κ1) is 14.3. The first-order valence-electron chi connectivity index (χ1n) is 7.06. The van der Waals surface area contributed by atoms with Crippen LogP contribution in [-0.4, -0.2) is 27.2 Å². The Morgan fingerprint density at radius 3 is 2.57 bits per heavy atom. The molecule has 0 saturated heterocycles. The van der Waals surface area contributed by atoms with Crippen LogP contribution in [0.25, 0.3) is 0 Å². The van der Waals surface area contributed by atoms with Crippen molar-refractivity contribution in [3.05, 3.63) is 52.5 Å². The zero-order chi connectivity index (χ0) is 14.8. The van der Waals surface area contributed by atoms with Gasteiger partial charge in [0.2, 0.25) is 0 Å². The quantitative estimate of drug-likeness (QED) is 0.837. The predicted molar refractivity (Wildman–Crippen MR) is 91.5 cm³/mol. The SMILES string of the molecule is COc1ccc(CN2CCN(C)c3ccccc32)cc1Br. The first-order chi connectivity index (χ1) is 10.2. The zero-order valence-electron chi connectivity index (χ0n) is 12.3. The molecule has 3 nitrogen and oxygen atoms in total. The maximum atomic E-state index is 5.29. The highest BCUT2D eigenvalue weighted by Crippen LogP contribution is 2.33. The number of nitrogens with zero attached hydrogens (tertiary/aromatic N) is 2. The summed E-state index contributed by atoms with van der Waals surface area (Å²) in [7, 11) is 3.84. The summed E-state index contributed by atoms with van der Waals surface area (Å²) in [6.07, 6.45) is 0. The summed E-state index contributed by atoms with van der Waals surface area (Å²) in [4.78, 5) is 4.75. The molecule has 4 heteroatoms. The monoisotopic (exact) mass is 346 g/mol. The third-order valence-corrected chi connectivity index (χ3v) is 4.55. The molecular weight excluding hydrogens is 328 g/mol. The van der Waals surface area contributed by atoms with Crippen molar-refractivity contribution in [2.24, 2.45) is 0 Å². The molecule has 0 N–H and O–H groups in total. The molecule has 0 spiro atoms. The van der Waals surface area contributed by atoms with Crippen LogP contribution in [0, 0.1) is 0 Å². The number of halogens is 1. The van der Waals surface area contributed by atoms with Gasteiger partial charge in [-0.05, 0) is 45.8 Å². The molecule has 0 unspecified atom stereocenters. The number of rotatable bonds is 3. The Bertz CT molecular complexity index is 644. The first-order valence-corrected chi connectivity index (χ1v) is 7.86. The van der Waals surface area contributed by atoms with Crippen LogP contribution in [-0.2, 0) is 6.54 Å². The van der Waals surface area contributed by atoms with Gasteiger partial charge in [-0.2, -0.15) is 0 Å². The van der Waals surface area contributed by atoms with Gasteiger partial charge in [0.25, 0.3) is 0 Å². The minimum Gasteiger partial charge on any atom is -0.496 e. The lowest BCUT2D eigenvalue weighted by atomic mass is 10.1. The average Bonchev–Trinajstić information content (AvgIpc) is 2.51. The van der Waals surface area contributed by atoms with E-state index in [1.54, 1.807) is 7.11 Å². The molecule has 1 heterocycles. The van der Waals surface area contributed by atoms with Crippen LogP contribution in [0.15, 0.2) is 46.9 Å². The lowest BCUT2D eigenvalue weighted by Gasteiger charge is -2.37. The molecule has 0 atom stereocenters. The van der Waals surface area contributed by atoms with Gasteiger partial charge in [-0.3, -0.25) is 0 Å². The van der Waals surface area contributed by atoms with Crippen LogP contribution in [0.5, 0.6) is 5.75 Å². The van der Waals surface area contributed by atoms with Crippen molar-refractivity contribution in [3.8, 4) is 5.75 Å². The fourth-order valence-electron chi connectivity index (χ4n) is 2.76. The van der Waals surface area contributed by atoms with Gasteiger partial charge in [0.15, 0.2) is 0 Å². The fourth-order valence-corrected chi connectivity index (χ4v) is 3.35. The molecule has 2 aromatic carbocycles. The normalized spacial score (nSPS) is 14.0. The van der Waals surface area contributed by atoms with Crippen molar-refractivity contribution < 1.29 is 4.74 Å². The van der Waals surface area contributed by atoms with Crippen LogP contribution >= 0.6 is 15.9 Å². The largest absolute Gasteiger partial charge is 0.496 e. The third-order valence-electron chi connectivity index (χ3n) is 3.93. The van der Waals surface area contributed by atoms with Crippen molar-refractivity contribution in [1.82, 2.24) is 0 Å². The van der Waals surface area contributed by atoms with Gasteiger partial charge >= 0.3 is 0 Å². The summed E-state index contributed by atoms with van der Waals surface area (Å²) in [5, 5.41) is 0. The molecule has 0 aromatic heterocycles. The number of benzene rings is 2. The van der Waals surface area contributed by atoms with Crippen molar-refractivity contribution in [2.45, 2.75) is 6.54 Å². The number of ether oxygens (including phenoxy) is 1. The van der Waals surface area contributed by atoms with Gasteiger partial charge < -0.3 is 14.5 Å². The van der Waals surface area contributed by atoms with Crippen LogP contribution < -0.4 is 14.5 Å². The number of anilines is 2. The van der Waals surface area contributed by atoms with Gasteiger partial charge in [-0.1, -0.05) is 18.2 Å². The summed E-state index contributed by atoms with van der Waals surface area (Å²) in [5.74, 6) is 0.873. The topological polar surface area (TPSA) is 15.7 Å². The summed E-state index contributed by atoms with van der Waals surface area (Å²) in [6, 6.07) is 14.9. The van der Waals surface area contributed by atoms with Gasteiger partial charge in [0.05, 0.1) is 23.0 Å². The van der Waals surface area contributed by atoms with Crippen LogP contribution in [0.2, 0.25) is 0 Å². The Balaban J connectivity index is 1.86. The second-order valence-corrected chi connectivity index (χ2v) is 6.16. The summed E-state index contributed by atoms with van der Waals surface area (Å²) in [6.45, 7) is 3.00. The van der Waals surface area contributed by atoms with E-state index in [9.17, 15) is 0 Å². The molecule has 0 saturated carbocycles. The zero-order valence-corrected chi connectivity index (χ0v) is 13.9. The lowest BCUT2D eigenvalue weighted by molar-refractivity contribution is 0.412. The van der Waals surface area contributed by atoms with Crippen molar-refractivity contribution in [3.63, 3.8) is 0 Å². The van der Waals surface area contributed by atoms with Crippen LogP contribution in [0.1, 0.15) is 5.56 Å². The Labute approximate surface area is 134 Å². The van der Waals surface area contributed by atoms with Gasteiger partial charge in [-0.25, -0.2) is 0 Å². The molecule has 0 bridgehead atoms. The molecule has 0 fully saturated rings. The van der Waals surface area contributed by atoms with E-state index in [-0.39, 0.29) is 0 Å².